The first-order valence-corrected chi connectivity index (χ1v) is 5.54. The van der Waals surface area contributed by atoms with Crippen LogP contribution in [-0.2, 0) is 11.2 Å². The van der Waals surface area contributed by atoms with Crippen molar-refractivity contribution in [2.45, 2.75) is 19.3 Å². The molecule has 0 bridgehead atoms. The van der Waals surface area contributed by atoms with Gasteiger partial charge in [0.2, 0.25) is 0 Å². The summed E-state index contributed by atoms with van der Waals surface area (Å²) >= 11 is 0. The van der Waals surface area contributed by atoms with Gasteiger partial charge in [-0.3, -0.25) is 9.59 Å². The van der Waals surface area contributed by atoms with E-state index in [2.05, 4.69) is 0 Å². The van der Waals surface area contributed by atoms with Gasteiger partial charge in [0.25, 0.3) is 0 Å². The largest absolute Gasteiger partial charge is 0.493 e. The minimum absolute atomic E-state index is 0.0760. The number of ether oxygens (including phenoxy) is 2. The number of hydrogen-bond acceptors (Lipinski definition) is 4. The molecule has 0 atom stereocenters. The van der Waals surface area contributed by atoms with Crippen molar-refractivity contribution in [2.24, 2.45) is 0 Å². The molecule has 1 aromatic carbocycles. The topological polar surface area (TPSA) is 72.8 Å². The molecular formula is C13H16O5. The Kier molecular flexibility index (Phi) is 5.17. The number of carbonyl (C=O) groups is 2. The molecule has 0 unspecified atom stereocenters. The van der Waals surface area contributed by atoms with E-state index in [4.69, 9.17) is 14.6 Å². The molecule has 98 valence electrons. The van der Waals surface area contributed by atoms with Gasteiger partial charge in [0.1, 0.15) is 6.29 Å². The van der Waals surface area contributed by atoms with Gasteiger partial charge in [-0.15, -0.1) is 0 Å². The number of hydrogen-bond donors (Lipinski definition) is 1. The van der Waals surface area contributed by atoms with Crippen LogP contribution >= 0.6 is 0 Å². The van der Waals surface area contributed by atoms with E-state index >= 15 is 0 Å². The number of carbonyl (C=O) groups excluding carboxylic acids is 1. The van der Waals surface area contributed by atoms with Gasteiger partial charge in [-0.1, -0.05) is 0 Å². The lowest BCUT2D eigenvalue weighted by Crippen LogP contribution is -2.00. The molecule has 5 heteroatoms. The van der Waals surface area contributed by atoms with Crippen molar-refractivity contribution in [3.8, 4) is 11.5 Å². The van der Waals surface area contributed by atoms with E-state index in [1.165, 1.54) is 14.2 Å². The molecule has 0 saturated carbocycles. The van der Waals surface area contributed by atoms with Gasteiger partial charge in [0.05, 0.1) is 14.2 Å². The Bertz CT molecular complexity index is 439. The fourth-order valence-corrected chi connectivity index (χ4v) is 1.69. The Morgan fingerprint density at radius 2 is 1.89 bits per heavy atom. The highest BCUT2D eigenvalue weighted by molar-refractivity contribution is 5.79. The van der Waals surface area contributed by atoms with E-state index in [0.29, 0.717) is 29.9 Å². The molecule has 0 heterocycles. The van der Waals surface area contributed by atoms with Crippen LogP contribution in [0, 0.1) is 0 Å². The highest BCUT2D eigenvalue weighted by atomic mass is 16.5. The molecule has 0 aliphatic heterocycles. The van der Waals surface area contributed by atoms with E-state index in [0.717, 1.165) is 11.8 Å². The van der Waals surface area contributed by atoms with Crippen molar-refractivity contribution in [2.75, 3.05) is 14.2 Å². The summed E-state index contributed by atoms with van der Waals surface area (Å²) in [6.45, 7) is 0. The average Bonchev–Trinajstić information content (AvgIpc) is 2.37. The van der Waals surface area contributed by atoms with Crippen LogP contribution < -0.4 is 9.47 Å². The lowest BCUT2D eigenvalue weighted by molar-refractivity contribution is -0.137. The Morgan fingerprint density at radius 3 is 2.39 bits per heavy atom. The highest BCUT2D eigenvalue weighted by Crippen LogP contribution is 2.30. The number of rotatable bonds is 7. The second-order valence-corrected chi connectivity index (χ2v) is 3.77. The van der Waals surface area contributed by atoms with Crippen molar-refractivity contribution in [1.29, 1.82) is 0 Å². The molecular weight excluding hydrogens is 236 g/mol. The maximum absolute atomic E-state index is 11.0. The van der Waals surface area contributed by atoms with Crippen LogP contribution in [0.2, 0.25) is 0 Å². The van der Waals surface area contributed by atoms with E-state index in [1.807, 2.05) is 0 Å². The molecule has 0 aliphatic rings. The number of aliphatic carboxylic acids is 1. The molecule has 1 N–H and O–H groups in total. The zero-order valence-electron chi connectivity index (χ0n) is 10.4. The third-order valence-electron chi connectivity index (χ3n) is 2.61. The predicted molar refractivity (Wildman–Crippen MR) is 65.5 cm³/mol. The minimum Gasteiger partial charge on any atom is -0.493 e. The van der Waals surface area contributed by atoms with E-state index in [-0.39, 0.29) is 6.42 Å². The van der Waals surface area contributed by atoms with Crippen molar-refractivity contribution in [3.63, 3.8) is 0 Å². The Morgan fingerprint density at radius 1 is 1.28 bits per heavy atom. The third-order valence-corrected chi connectivity index (χ3v) is 2.61. The molecule has 0 fully saturated rings. The number of carboxylic acid groups (broad SMARTS) is 1. The fourth-order valence-electron chi connectivity index (χ4n) is 1.69. The first-order valence-electron chi connectivity index (χ1n) is 5.54. The molecule has 0 aliphatic carbocycles. The van der Waals surface area contributed by atoms with E-state index in [1.54, 1.807) is 12.1 Å². The molecule has 1 rings (SSSR count). The summed E-state index contributed by atoms with van der Waals surface area (Å²) in [4.78, 5) is 21.4. The summed E-state index contributed by atoms with van der Waals surface area (Å²) in [6.07, 6.45) is 1.80. The Hall–Kier alpha value is -2.04. The van der Waals surface area contributed by atoms with Gasteiger partial charge in [0.15, 0.2) is 11.5 Å². The van der Waals surface area contributed by atoms with Gasteiger partial charge < -0.3 is 14.6 Å². The van der Waals surface area contributed by atoms with Crippen molar-refractivity contribution in [1.82, 2.24) is 0 Å². The van der Waals surface area contributed by atoms with Crippen molar-refractivity contribution < 1.29 is 24.2 Å². The number of benzene rings is 1. The lowest BCUT2D eigenvalue weighted by Gasteiger charge is -2.11. The van der Waals surface area contributed by atoms with E-state index < -0.39 is 5.97 Å². The normalized spacial score (nSPS) is 9.89. The molecule has 0 aromatic heterocycles. The summed E-state index contributed by atoms with van der Waals surface area (Å²) in [7, 11) is 3.01. The summed E-state index contributed by atoms with van der Waals surface area (Å²) in [5, 5.41) is 8.59. The van der Waals surface area contributed by atoms with Crippen molar-refractivity contribution >= 4 is 12.3 Å². The van der Waals surface area contributed by atoms with E-state index in [9.17, 15) is 9.59 Å². The smallest absolute Gasteiger partial charge is 0.303 e. The molecule has 1 aromatic rings. The Balaban J connectivity index is 2.94. The standard InChI is InChI=1S/C13H16O5/c1-17-11-6-9(4-3-5-13(15)16)10(8-14)7-12(11)18-2/h6-8H,3-5H2,1-2H3,(H,15,16). The van der Waals surface area contributed by atoms with Gasteiger partial charge in [0, 0.05) is 12.0 Å². The Labute approximate surface area is 105 Å². The molecule has 0 saturated heterocycles. The van der Waals surface area contributed by atoms with Crippen LogP contribution in [-0.4, -0.2) is 31.6 Å². The van der Waals surface area contributed by atoms with Crippen LogP contribution in [0.3, 0.4) is 0 Å². The lowest BCUT2D eigenvalue weighted by atomic mass is 10.0. The summed E-state index contributed by atoms with van der Waals surface area (Å²) in [5.41, 5.74) is 1.27. The number of aldehydes is 1. The molecule has 0 amide bonds. The number of carboxylic acids is 1. The highest BCUT2D eigenvalue weighted by Gasteiger charge is 2.11. The fraction of sp³-hybridized carbons (Fsp3) is 0.385. The monoisotopic (exact) mass is 252 g/mol. The summed E-state index contributed by atoms with van der Waals surface area (Å²) in [5.74, 6) is 0.179. The van der Waals surface area contributed by atoms with Crippen LogP contribution in [0.5, 0.6) is 11.5 Å². The van der Waals surface area contributed by atoms with Gasteiger partial charge in [-0.05, 0) is 30.5 Å². The van der Waals surface area contributed by atoms with Gasteiger partial charge >= 0.3 is 5.97 Å². The quantitative estimate of drug-likeness (QED) is 0.750. The zero-order chi connectivity index (χ0) is 13.5. The third kappa shape index (κ3) is 3.48. The number of methoxy groups -OCH3 is 2. The summed E-state index contributed by atoms with van der Waals surface area (Å²) in [6, 6.07) is 3.31. The molecule has 0 spiro atoms. The van der Waals surface area contributed by atoms with Gasteiger partial charge in [-0.2, -0.15) is 0 Å². The summed E-state index contributed by atoms with van der Waals surface area (Å²) < 4.78 is 10.2. The number of aryl methyl sites for hydroxylation is 1. The molecule has 5 nitrogen and oxygen atoms in total. The second-order valence-electron chi connectivity index (χ2n) is 3.77. The van der Waals surface area contributed by atoms with Crippen LogP contribution in [0.1, 0.15) is 28.8 Å². The maximum atomic E-state index is 11.0. The molecule has 18 heavy (non-hydrogen) atoms. The zero-order valence-corrected chi connectivity index (χ0v) is 10.4. The van der Waals surface area contributed by atoms with Crippen LogP contribution in [0.25, 0.3) is 0 Å². The first-order chi connectivity index (χ1) is 8.62. The van der Waals surface area contributed by atoms with Crippen LogP contribution in [0.4, 0.5) is 0 Å². The van der Waals surface area contributed by atoms with Crippen LogP contribution in [0.15, 0.2) is 12.1 Å². The molecule has 0 radical (unpaired) electrons. The predicted octanol–water partition coefficient (Wildman–Crippen LogP) is 1.92. The SMILES string of the molecule is COc1cc(C=O)c(CCCC(=O)O)cc1OC. The maximum Gasteiger partial charge on any atom is 0.303 e. The second kappa shape index (κ2) is 6.64. The average molecular weight is 252 g/mol. The van der Waals surface area contributed by atoms with Crippen molar-refractivity contribution in [3.05, 3.63) is 23.3 Å². The first kappa shape index (κ1) is 14.0. The van der Waals surface area contributed by atoms with Gasteiger partial charge in [-0.25, -0.2) is 0 Å². The minimum atomic E-state index is -0.844.